The molecule has 4 aliphatic heterocycles. The highest BCUT2D eigenvalue weighted by Crippen LogP contribution is 2.44. The SMILES string of the molecule is CN1C(C)(C)CC(COC(=O)c2ccc(C(=O)c3ccc(C(=O)OCC4CC(C)(C)NC4(C)C)c(C(=O)OCC4CC(C)(C)NC4(C)C)c3)cc2C(=O)OCC2CC(C)(C)NC2(C)C)C1(C)C. The van der Waals surface area contributed by atoms with Gasteiger partial charge in [-0.3, -0.25) is 9.69 Å². The van der Waals surface area contributed by atoms with Gasteiger partial charge in [0, 0.05) is 79.1 Å². The maximum absolute atomic E-state index is 14.5. The van der Waals surface area contributed by atoms with E-state index in [0.717, 1.165) is 25.7 Å². The first kappa shape index (κ1) is 52.2. The maximum atomic E-state index is 14.5. The number of ether oxygens (including phenoxy) is 4. The van der Waals surface area contributed by atoms with E-state index in [-0.39, 0.29) is 128 Å². The Balaban J connectivity index is 1.31. The fourth-order valence-electron chi connectivity index (χ4n) is 12.0. The highest BCUT2D eigenvalue weighted by atomic mass is 16.5. The van der Waals surface area contributed by atoms with Crippen molar-refractivity contribution in [3.8, 4) is 0 Å². The summed E-state index contributed by atoms with van der Waals surface area (Å²) in [6.07, 6.45) is 3.12. The van der Waals surface area contributed by atoms with Crippen LogP contribution in [-0.2, 0) is 18.9 Å². The summed E-state index contributed by atoms with van der Waals surface area (Å²) in [7, 11) is 2.07. The molecule has 4 aliphatic rings. The van der Waals surface area contributed by atoms with Crippen LogP contribution in [0.1, 0.15) is 194 Å². The average molecular weight is 929 g/mol. The number of nitrogens with one attached hydrogen (secondary N) is 3. The van der Waals surface area contributed by atoms with Gasteiger partial charge in [0.2, 0.25) is 0 Å². The molecule has 4 saturated heterocycles. The minimum absolute atomic E-state index is 0.0147. The summed E-state index contributed by atoms with van der Waals surface area (Å²) in [6, 6.07) is 8.48. The third kappa shape index (κ3) is 11.3. The number of carbonyl (C=O) groups is 5. The predicted octanol–water partition coefficient (Wildman–Crippen LogP) is 8.55. The molecule has 13 nitrogen and oxygen atoms in total. The van der Waals surface area contributed by atoms with Crippen molar-refractivity contribution in [3.63, 3.8) is 0 Å². The number of hydrogen-bond acceptors (Lipinski definition) is 13. The zero-order chi connectivity index (χ0) is 50.1. The summed E-state index contributed by atoms with van der Waals surface area (Å²) >= 11 is 0. The van der Waals surface area contributed by atoms with Crippen LogP contribution in [0.4, 0.5) is 0 Å². The molecule has 0 aliphatic carbocycles. The Bertz CT molecular complexity index is 2270. The normalized spacial score (nSPS) is 27.0. The van der Waals surface area contributed by atoms with E-state index in [4.69, 9.17) is 18.9 Å². The van der Waals surface area contributed by atoms with Crippen LogP contribution in [0.25, 0.3) is 0 Å². The van der Waals surface area contributed by atoms with Gasteiger partial charge in [-0.25, -0.2) is 19.2 Å². The van der Waals surface area contributed by atoms with Crippen LogP contribution in [0.2, 0.25) is 0 Å². The molecular weight excluding hydrogens is 849 g/mol. The highest BCUT2D eigenvalue weighted by Gasteiger charge is 2.50. The molecule has 0 spiro atoms. The van der Waals surface area contributed by atoms with E-state index in [2.05, 4.69) is 139 Å². The van der Waals surface area contributed by atoms with Gasteiger partial charge >= 0.3 is 23.9 Å². The van der Waals surface area contributed by atoms with Crippen molar-refractivity contribution in [2.24, 2.45) is 23.7 Å². The number of carbonyl (C=O) groups excluding carboxylic acids is 5. The maximum Gasteiger partial charge on any atom is 0.339 e. The van der Waals surface area contributed by atoms with E-state index in [1.54, 1.807) is 0 Å². The molecule has 2 aromatic rings. The molecule has 4 unspecified atom stereocenters. The summed E-state index contributed by atoms with van der Waals surface area (Å²) in [4.78, 5) is 73.1. The van der Waals surface area contributed by atoms with Crippen LogP contribution in [-0.4, -0.2) is 112 Å². The number of benzene rings is 2. The van der Waals surface area contributed by atoms with Crippen LogP contribution in [0.3, 0.4) is 0 Å². The second-order valence-corrected chi connectivity index (χ2v) is 25.1. The number of ketones is 1. The van der Waals surface area contributed by atoms with Crippen molar-refractivity contribution in [2.45, 2.75) is 181 Å². The lowest BCUT2D eigenvalue weighted by Crippen LogP contribution is -2.47. The van der Waals surface area contributed by atoms with Crippen LogP contribution >= 0.6 is 0 Å². The Morgan fingerprint density at radius 2 is 0.761 bits per heavy atom. The Morgan fingerprint density at radius 1 is 0.463 bits per heavy atom. The van der Waals surface area contributed by atoms with Gasteiger partial charge in [-0.2, -0.15) is 0 Å². The topological polar surface area (TPSA) is 162 Å². The van der Waals surface area contributed by atoms with Gasteiger partial charge < -0.3 is 34.9 Å². The van der Waals surface area contributed by atoms with Crippen molar-refractivity contribution < 1.29 is 42.9 Å². The smallest absolute Gasteiger partial charge is 0.339 e. The summed E-state index contributed by atoms with van der Waals surface area (Å²) in [5.74, 6) is -3.47. The van der Waals surface area contributed by atoms with Crippen molar-refractivity contribution in [1.82, 2.24) is 20.9 Å². The molecule has 67 heavy (non-hydrogen) atoms. The molecule has 4 heterocycles. The van der Waals surface area contributed by atoms with Crippen molar-refractivity contribution in [3.05, 3.63) is 69.8 Å². The molecule has 0 radical (unpaired) electrons. The lowest BCUT2D eigenvalue weighted by molar-refractivity contribution is 0.0305. The molecule has 370 valence electrons. The first-order valence-corrected chi connectivity index (χ1v) is 24.2. The van der Waals surface area contributed by atoms with Crippen molar-refractivity contribution >= 4 is 29.7 Å². The number of rotatable bonds is 14. The summed E-state index contributed by atoms with van der Waals surface area (Å²) in [5, 5.41) is 10.8. The standard InChI is InChI=1S/C54H80N4O9/c1-47(2)24-34(51(9,10)55-47)28-64-43(60)38-20-18-32(22-40(38)45(62)65-29-35-25-48(3,4)56-52(35,11)12)42(59)33-19-21-39(44(61)67-31-37-27-50(7,8)58(17)54(37,15)16)41(23-33)46(63)66-30-36-26-49(5,6)57-53(36,13)14/h18-23,34-37,55-57H,24-31H2,1-17H3. The fraction of sp³-hybridized carbons (Fsp3) is 0.685. The molecule has 3 N–H and O–H groups in total. The monoisotopic (exact) mass is 929 g/mol. The second-order valence-electron chi connectivity index (χ2n) is 25.1. The molecule has 0 aromatic heterocycles. The van der Waals surface area contributed by atoms with E-state index in [0.29, 0.717) is 0 Å². The minimum Gasteiger partial charge on any atom is -0.462 e. The second kappa shape index (κ2) is 18.0. The number of likely N-dealkylation sites (tertiary alicyclic amines) is 1. The molecular formula is C54H80N4O9. The third-order valence-electron chi connectivity index (χ3n) is 15.9. The van der Waals surface area contributed by atoms with Crippen molar-refractivity contribution in [1.29, 1.82) is 0 Å². The van der Waals surface area contributed by atoms with Crippen LogP contribution in [0.5, 0.6) is 0 Å². The Morgan fingerprint density at radius 3 is 1.03 bits per heavy atom. The number of esters is 4. The lowest BCUT2D eigenvalue weighted by atomic mass is 9.87. The van der Waals surface area contributed by atoms with Gasteiger partial charge in [0.15, 0.2) is 5.78 Å². The quantitative estimate of drug-likeness (QED) is 0.0940. The first-order valence-electron chi connectivity index (χ1n) is 24.2. The molecule has 13 heteroatoms. The zero-order valence-electron chi connectivity index (χ0n) is 43.6. The van der Waals surface area contributed by atoms with E-state index in [1.165, 1.54) is 36.4 Å². The van der Waals surface area contributed by atoms with Gasteiger partial charge in [0.1, 0.15) is 0 Å². The van der Waals surface area contributed by atoms with Gasteiger partial charge in [-0.15, -0.1) is 0 Å². The van der Waals surface area contributed by atoms with Gasteiger partial charge in [0.05, 0.1) is 48.7 Å². The Hall–Kier alpha value is -4.17. The van der Waals surface area contributed by atoms with E-state index < -0.39 is 29.7 Å². The molecule has 0 bridgehead atoms. The van der Waals surface area contributed by atoms with Gasteiger partial charge in [0.25, 0.3) is 0 Å². The van der Waals surface area contributed by atoms with E-state index in [9.17, 15) is 24.0 Å². The molecule has 0 saturated carbocycles. The third-order valence-corrected chi connectivity index (χ3v) is 15.9. The summed E-state index contributed by atoms with van der Waals surface area (Å²) in [6.45, 7) is 34.1. The average Bonchev–Trinajstić information content (AvgIpc) is 3.73. The van der Waals surface area contributed by atoms with Gasteiger partial charge in [-0.05, 0) is 168 Å². The number of hydrogen-bond donors (Lipinski definition) is 3. The predicted molar refractivity (Wildman–Crippen MR) is 260 cm³/mol. The van der Waals surface area contributed by atoms with Gasteiger partial charge in [-0.1, -0.05) is 12.1 Å². The Kier molecular flexibility index (Phi) is 14.0. The van der Waals surface area contributed by atoms with Crippen LogP contribution in [0.15, 0.2) is 36.4 Å². The molecule has 2 aromatic carbocycles. The van der Waals surface area contributed by atoms with E-state index in [1.807, 2.05) is 0 Å². The zero-order valence-corrected chi connectivity index (χ0v) is 43.6. The molecule has 0 amide bonds. The van der Waals surface area contributed by atoms with E-state index >= 15 is 0 Å². The summed E-state index contributed by atoms with van der Waals surface area (Å²) in [5.41, 5.74) is -1.89. The van der Waals surface area contributed by atoms with Crippen molar-refractivity contribution in [2.75, 3.05) is 33.5 Å². The lowest BCUT2D eigenvalue weighted by Gasteiger charge is -2.38. The van der Waals surface area contributed by atoms with Crippen LogP contribution < -0.4 is 16.0 Å². The highest BCUT2D eigenvalue weighted by molar-refractivity contribution is 6.13. The minimum atomic E-state index is -0.763. The molecule has 6 rings (SSSR count). The summed E-state index contributed by atoms with van der Waals surface area (Å²) < 4.78 is 23.8. The van der Waals surface area contributed by atoms with Crippen LogP contribution in [0, 0.1) is 23.7 Å². The molecule has 4 fully saturated rings. The first-order chi connectivity index (χ1) is 30.6. The fourth-order valence-corrected chi connectivity index (χ4v) is 12.0. The Labute approximate surface area is 399 Å². The largest absolute Gasteiger partial charge is 0.462 e. The molecule has 4 atom stereocenters. The number of nitrogens with zero attached hydrogens (tertiary/aromatic N) is 1.